The van der Waals surface area contributed by atoms with Crippen molar-refractivity contribution in [2.45, 2.75) is 59.7 Å². The van der Waals surface area contributed by atoms with Crippen LogP contribution in [0.4, 0.5) is 51.6 Å². The summed E-state index contributed by atoms with van der Waals surface area (Å²) in [5, 5.41) is 12.3. The summed E-state index contributed by atoms with van der Waals surface area (Å²) in [5.74, 6) is 1.96. The molecule has 3 fully saturated rings. The number of nitrogens with one attached hydrogen (secondary N) is 3. The Morgan fingerprint density at radius 1 is 0.500 bits per heavy atom. The highest BCUT2D eigenvalue weighted by Gasteiger charge is 2.32. The molecule has 3 N–H and O–H groups in total. The zero-order valence-electron chi connectivity index (χ0n) is 46.9. The number of hydrogen-bond donors (Lipinski definition) is 3. The first-order valence-corrected chi connectivity index (χ1v) is 30.4. The Balaban J connectivity index is 0.000000149. The molecular weight excluding hydrogens is 1190 g/mol. The third-order valence-corrected chi connectivity index (χ3v) is 18.0. The minimum atomic E-state index is -0.318. The van der Waals surface area contributed by atoms with Crippen LogP contribution < -0.4 is 30.7 Å². The van der Waals surface area contributed by atoms with Crippen molar-refractivity contribution in [2.75, 3.05) is 89.6 Å². The molecule has 84 heavy (non-hydrogen) atoms. The van der Waals surface area contributed by atoms with Crippen LogP contribution in [0.15, 0.2) is 104 Å². The van der Waals surface area contributed by atoms with E-state index in [1.54, 1.807) is 35.6 Å². The summed E-state index contributed by atoms with van der Waals surface area (Å²) >= 11 is 23.0. The van der Waals surface area contributed by atoms with Gasteiger partial charge in [-0.15, -0.1) is 0 Å². The average Bonchev–Trinajstić information content (AvgIpc) is 4.36. The van der Waals surface area contributed by atoms with E-state index in [2.05, 4.69) is 92.6 Å². The van der Waals surface area contributed by atoms with E-state index in [9.17, 15) is 18.8 Å². The summed E-state index contributed by atoms with van der Waals surface area (Å²) in [6.07, 6.45) is 5.18. The van der Waals surface area contributed by atoms with Crippen molar-refractivity contribution < 1.29 is 23.6 Å². The molecule has 0 saturated carbocycles. The number of anilines is 6. The Morgan fingerprint density at radius 2 is 0.857 bits per heavy atom. The van der Waals surface area contributed by atoms with Gasteiger partial charge in [-0.1, -0.05) is 74.9 Å². The van der Waals surface area contributed by atoms with Crippen LogP contribution in [0.5, 0.6) is 0 Å². The van der Waals surface area contributed by atoms with Gasteiger partial charge >= 0.3 is 18.1 Å². The van der Waals surface area contributed by atoms with Crippen LogP contribution in [0.3, 0.4) is 0 Å². The number of piperazine rings is 3. The molecule has 3 aliphatic heterocycles. The van der Waals surface area contributed by atoms with Crippen molar-refractivity contribution >= 4 is 157 Å². The first-order valence-electron chi connectivity index (χ1n) is 26.8. The lowest BCUT2D eigenvalue weighted by Crippen LogP contribution is -2.55. The molecule has 0 spiro atoms. The monoisotopic (exact) mass is 1250 g/mol. The summed E-state index contributed by atoms with van der Waals surface area (Å²) in [4.78, 5) is 84.5. The molecule has 26 heteroatoms. The van der Waals surface area contributed by atoms with Crippen molar-refractivity contribution in [3.8, 4) is 0 Å². The molecule has 12 rings (SSSR count). The lowest BCUT2D eigenvalue weighted by molar-refractivity contribution is -0.0980. The molecule has 6 aromatic heterocycles. The number of halogens is 4. The predicted octanol–water partition coefficient (Wildman–Crippen LogP) is 13.1. The summed E-state index contributed by atoms with van der Waals surface area (Å²) in [7, 11) is 0. The number of aryl methyl sites for hydroxylation is 3. The van der Waals surface area contributed by atoms with Crippen LogP contribution in [0.25, 0.3) is 30.6 Å². The van der Waals surface area contributed by atoms with Crippen LogP contribution in [0, 0.1) is 26.6 Å². The zero-order chi connectivity index (χ0) is 59.8. The van der Waals surface area contributed by atoms with Crippen LogP contribution in [0.1, 0.15) is 37.5 Å². The van der Waals surface area contributed by atoms with Gasteiger partial charge in [-0.05, 0) is 137 Å². The fourth-order valence-corrected chi connectivity index (χ4v) is 13.4. The van der Waals surface area contributed by atoms with Gasteiger partial charge in [0.25, 0.3) is 0 Å². The van der Waals surface area contributed by atoms with Gasteiger partial charge in [-0.2, -0.15) is 0 Å². The number of aromatic nitrogens is 6. The van der Waals surface area contributed by atoms with E-state index in [1.165, 1.54) is 62.8 Å². The van der Waals surface area contributed by atoms with Gasteiger partial charge < -0.3 is 34.2 Å². The quantitative estimate of drug-likeness (QED) is 0.142. The molecule has 0 bridgehead atoms. The van der Waals surface area contributed by atoms with Gasteiger partial charge in [0, 0.05) is 95.6 Å². The Bertz CT molecular complexity index is 3620. The number of pyridine rings is 3. The molecule has 0 radical (unpaired) electrons. The number of fused-ring (bicyclic) bond motifs is 3. The second-order valence-corrected chi connectivity index (χ2v) is 24.5. The van der Waals surface area contributed by atoms with Gasteiger partial charge in [0.1, 0.15) is 30.1 Å². The predicted molar refractivity (Wildman–Crippen MR) is 340 cm³/mol. The fraction of sp³-hybridized carbons (Fsp3) is 0.310. The molecule has 3 aromatic carbocycles. The number of thiazole rings is 3. The highest BCUT2D eigenvalue weighted by atomic mass is 35.5. The number of hydrogen-bond acceptors (Lipinski definition) is 16. The SMILES string of the molecule is C=O.C[C@@H]1CN(c2ncccc2Cl)CCN1C(=O)Nc1nc2ccc(F)cc2s1.Cc1cc2nc(NC(=O)N3CCN(c4ncccc4Cl)C[C@H]3C)sc2cc1C.Cc1ccc2nc(NC(=O)N3CCN(c4ncccc4Cl)C[C@H]3C)sc2c1. The van der Waals surface area contributed by atoms with E-state index in [0.29, 0.717) is 99.6 Å². The minimum Gasteiger partial charge on any atom is -0.352 e. The Labute approximate surface area is 512 Å². The third-order valence-electron chi connectivity index (χ3n) is 14.3. The molecule has 3 aliphatic rings. The van der Waals surface area contributed by atoms with Gasteiger partial charge in [0.05, 0.1) is 45.7 Å². The van der Waals surface area contributed by atoms with Gasteiger partial charge in [-0.3, -0.25) is 16.0 Å². The van der Waals surface area contributed by atoms with Crippen LogP contribution in [0.2, 0.25) is 15.1 Å². The van der Waals surface area contributed by atoms with Crippen molar-refractivity contribution in [3.63, 3.8) is 0 Å². The molecule has 9 heterocycles. The number of benzene rings is 3. The number of nitrogens with zero attached hydrogens (tertiary/aromatic N) is 12. The van der Waals surface area contributed by atoms with Gasteiger partial charge in [-0.25, -0.2) is 48.7 Å². The minimum absolute atomic E-state index is 0.0244. The number of rotatable bonds is 6. The molecule has 6 amide bonds. The van der Waals surface area contributed by atoms with E-state index in [1.807, 2.05) is 86.7 Å². The summed E-state index contributed by atoms with van der Waals surface area (Å²) in [6, 6.07) is 25.2. The number of amides is 6. The van der Waals surface area contributed by atoms with Crippen molar-refractivity contribution in [1.82, 2.24) is 44.6 Å². The van der Waals surface area contributed by atoms with E-state index in [0.717, 1.165) is 37.9 Å². The normalized spacial score (nSPS) is 17.0. The van der Waals surface area contributed by atoms with Crippen LogP contribution >= 0.6 is 68.8 Å². The highest BCUT2D eigenvalue weighted by molar-refractivity contribution is 7.23. The summed E-state index contributed by atoms with van der Waals surface area (Å²) < 4.78 is 16.2. The van der Waals surface area contributed by atoms with Crippen molar-refractivity contribution in [2.24, 2.45) is 0 Å². The third kappa shape index (κ3) is 14.5. The van der Waals surface area contributed by atoms with Gasteiger partial charge in [0.15, 0.2) is 15.4 Å². The maximum Gasteiger partial charge on any atom is 0.324 e. The average molecular weight is 1250 g/mol. The molecule has 0 unspecified atom stereocenters. The van der Waals surface area contributed by atoms with E-state index < -0.39 is 0 Å². The molecule has 0 aliphatic carbocycles. The largest absolute Gasteiger partial charge is 0.352 e. The zero-order valence-corrected chi connectivity index (χ0v) is 51.6. The Morgan fingerprint density at radius 3 is 1.25 bits per heavy atom. The van der Waals surface area contributed by atoms with Crippen LogP contribution in [-0.4, -0.2) is 147 Å². The Hall–Kier alpha value is -7.54. The molecule has 9 aromatic rings. The van der Waals surface area contributed by atoms with E-state index in [-0.39, 0.29) is 42.0 Å². The Kier molecular flexibility index (Phi) is 19.9. The molecule has 438 valence electrons. The van der Waals surface area contributed by atoms with Crippen molar-refractivity contribution in [3.05, 3.63) is 141 Å². The van der Waals surface area contributed by atoms with E-state index in [4.69, 9.17) is 39.6 Å². The maximum atomic E-state index is 13.3. The molecule has 3 saturated heterocycles. The van der Waals surface area contributed by atoms with Crippen molar-refractivity contribution in [1.29, 1.82) is 0 Å². The fourth-order valence-electron chi connectivity index (χ4n) is 9.95. The lowest BCUT2D eigenvalue weighted by Gasteiger charge is -2.40. The lowest BCUT2D eigenvalue weighted by atomic mass is 10.1. The summed E-state index contributed by atoms with van der Waals surface area (Å²) in [5.41, 5.74) is 6.11. The number of carbonyl (C=O) groups excluding carboxylic acids is 4. The van der Waals surface area contributed by atoms with Crippen LogP contribution in [-0.2, 0) is 4.79 Å². The first-order chi connectivity index (χ1) is 40.4. The smallest absolute Gasteiger partial charge is 0.324 e. The van der Waals surface area contributed by atoms with E-state index >= 15 is 0 Å². The topological polar surface area (TPSA) is 201 Å². The second kappa shape index (κ2) is 27.4. The number of urea groups is 3. The molecule has 19 nitrogen and oxygen atoms in total. The van der Waals surface area contributed by atoms with Gasteiger partial charge in [0.2, 0.25) is 0 Å². The number of carbonyl (C=O) groups is 4. The first kappa shape index (κ1) is 61.0. The maximum absolute atomic E-state index is 13.3. The standard InChI is InChI=1S/C20H22ClN5OS.C19H20ClN5OS.C18H17ClFN5OS.CH2O/c1-12-9-16-17(10-13(12)2)28-19(23-16)24-20(27)26-8-7-25(11-14(26)3)18-15(21)5-4-6-22-18;1-12-5-6-15-16(10-12)27-18(22-15)23-19(26)25-9-8-24(11-13(25)2)17-14(20)4-3-7-21-17;1-11-10-24(16-13(19)3-2-6-21-16)7-8-25(11)18(26)23-17-22-14-5-4-12(20)9-15(14)27-17;1-2/h4-6,9-10,14H,7-8,11H2,1-3H3,(H,23,24,27);3-7,10,13H,8-9,11H2,1-2H3,(H,22,23,26);2-6,9,11H,7-8,10H2,1H3,(H,22,23,26);1H2/t14-;13-;11-;/m111./s1. The summed E-state index contributed by atoms with van der Waals surface area (Å²) in [6.45, 7) is 20.0. The molecular formula is C58H61Cl3FN15O4S3. The molecule has 3 atom stereocenters. The highest BCUT2D eigenvalue weighted by Crippen LogP contribution is 2.33. The second-order valence-electron chi connectivity index (χ2n) is 20.2.